The normalized spacial score (nSPS) is 11.6. The summed E-state index contributed by atoms with van der Waals surface area (Å²) < 4.78 is 0. The van der Waals surface area contributed by atoms with Crippen LogP contribution in [0.25, 0.3) is 0 Å². The molecule has 0 fully saturated rings. The molecule has 0 radical (unpaired) electrons. The highest BCUT2D eigenvalue weighted by Gasteiger charge is 2.11. The Hall–Kier alpha value is -3.94. The number of nitrogens with one attached hydrogen (secondary N) is 2. The van der Waals surface area contributed by atoms with Gasteiger partial charge >= 0.3 is 0 Å². The molecule has 3 aromatic rings. The molecule has 0 saturated heterocycles. The summed E-state index contributed by atoms with van der Waals surface area (Å²) in [5.74, 6) is 1.83. The lowest BCUT2D eigenvalue weighted by atomic mass is 10.2. The lowest BCUT2D eigenvalue weighted by Crippen LogP contribution is -2.12. The van der Waals surface area contributed by atoms with Gasteiger partial charge in [-0.3, -0.25) is 20.2 Å². The standard InChI is InChI=1S/C23H20N6O2S2/c1-3-5-11-16(4-2)20(30)24-22-28-26-18(32-22)14-9-10-15-19-27-29-23(33-19)25-21(31)17-12-7-6-8-13-17/h1,4-13H,14-15H2,2H3,(H,24,28,30)(H,25,29,31)/b10-9-,11-5-,16-4+. The van der Waals surface area contributed by atoms with Crippen LogP contribution in [0, 0.1) is 12.3 Å². The molecule has 0 unspecified atom stereocenters. The fourth-order valence-electron chi connectivity index (χ4n) is 2.51. The van der Waals surface area contributed by atoms with Crippen LogP contribution >= 0.6 is 22.7 Å². The summed E-state index contributed by atoms with van der Waals surface area (Å²) in [6.45, 7) is 1.75. The van der Waals surface area contributed by atoms with E-state index in [1.807, 2.05) is 18.2 Å². The number of benzene rings is 1. The van der Waals surface area contributed by atoms with Crippen LogP contribution in [-0.4, -0.2) is 32.2 Å². The molecule has 0 aliphatic heterocycles. The van der Waals surface area contributed by atoms with Crippen molar-refractivity contribution in [2.75, 3.05) is 10.6 Å². The zero-order valence-corrected chi connectivity index (χ0v) is 19.3. The fraction of sp³-hybridized carbons (Fsp3) is 0.130. The molecular weight excluding hydrogens is 456 g/mol. The molecule has 0 spiro atoms. The summed E-state index contributed by atoms with van der Waals surface area (Å²) in [4.78, 5) is 24.4. The highest BCUT2D eigenvalue weighted by Crippen LogP contribution is 2.19. The molecule has 2 heterocycles. The number of nitrogens with zero attached hydrogens (tertiary/aromatic N) is 4. The molecule has 3 rings (SSSR count). The molecule has 0 aliphatic rings. The van der Waals surface area contributed by atoms with Crippen molar-refractivity contribution in [3.8, 4) is 12.3 Å². The van der Waals surface area contributed by atoms with Gasteiger partial charge in [0.15, 0.2) is 0 Å². The van der Waals surface area contributed by atoms with Gasteiger partial charge in [0.2, 0.25) is 10.3 Å². The molecule has 8 nitrogen and oxygen atoms in total. The van der Waals surface area contributed by atoms with Crippen molar-refractivity contribution in [3.63, 3.8) is 0 Å². The van der Waals surface area contributed by atoms with Crippen molar-refractivity contribution in [3.05, 3.63) is 81.9 Å². The fourth-order valence-corrected chi connectivity index (χ4v) is 3.93. The summed E-state index contributed by atoms with van der Waals surface area (Å²) in [7, 11) is 0. The summed E-state index contributed by atoms with van der Waals surface area (Å²) in [6, 6.07) is 8.93. The van der Waals surface area contributed by atoms with E-state index in [1.165, 1.54) is 28.7 Å². The summed E-state index contributed by atoms with van der Waals surface area (Å²) in [5, 5.41) is 24.1. The van der Waals surface area contributed by atoms with Gasteiger partial charge in [0.25, 0.3) is 11.8 Å². The maximum absolute atomic E-state index is 12.2. The minimum absolute atomic E-state index is 0.221. The van der Waals surface area contributed by atoms with Crippen LogP contribution in [0.3, 0.4) is 0 Å². The first-order valence-corrected chi connectivity index (χ1v) is 11.5. The van der Waals surface area contributed by atoms with E-state index < -0.39 is 0 Å². The first-order valence-electron chi connectivity index (χ1n) is 9.85. The van der Waals surface area contributed by atoms with Crippen LogP contribution in [0.5, 0.6) is 0 Å². The second-order valence-corrected chi connectivity index (χ2v) is 8.52. The van der Waals surface area contributed by atoms with Crippen LogP contribution in [0.4, 0.5) is 10.3 Å². The average molecular weight is 477 g/mol. The van der Waals surface area contributed by atoms with Gasteiger partial charge in [-0.2, -0.15) is 0 Å². The van der Waals surface area contributed by atoms with Crippen molar-refractivity contribution in [1.29, 1.82) is 0 Å². The molecule has 166 valence electrons. The van der Waals surface area contributed by atoms with Crippen LogP contribution in [0.1, 0.15) is 27.3 Å². The zero-order chi connectivity index (χ0) is 23.5. The minimum atomic E-state index is -0.298. The van der Waals surface area contributed by atoms with Crippen molar-refractivity contribution in [2.45, 2.75) is 19.8 Å². The average Bonchev–Trinajstić information content (AvgIpc) is 3.47. The second kappa shape index (κ2) is 12.2. The third-order valence-corrected chi connectivity index (χ3v) is 5.82. The number of hydrogen-bond acceptors (Lipinski definition) is 8. The van der Waals surface area contributed by atoms with Gasteiger partial charge in [0, 0.05) is 24.0 Å². The van der Waals surface area contributed by atoms with Gasteiger partial charge in [0.05, 0.1) is 0 Å². The Morgan fingerprint density at radius 2 is 1.58 bits per heavy atom. The van der Waals surface area contributed by atoms with E-state index in [-0.39, 0.29) is 11.8 Å². The monoisotopic (exact) mass is 476 g/mol. The van der Waals surface area contributed by atoms with E-state index in [0.29, 0.717) is 34.2 Å². The van der Waals surface area contributed by atoms with Crippen LogP contribution < -0.4 is 10.6 Å². The maximum atomic E-state index is 12.2. The number of allylic oxidation sites excluding steroid dienone is 4. The SMILES string of the molecule is C#C/C=C\C(=C/C)C(=O)Nc1nnc(C/C=C\Cc2nnc(NC(=O)c3ccccc3)s2)s1. The van der Waals surface area contributed by atoms with Crippen LogP contribution in [-0.2, 0) is 17.6 Å². The molecule has 10 heteroatoms. The van der Waals surface area contributed by atoms with E-state index in [1.54, 1.807) is 43.3 Å². The number of carbonyl (C=O) groups is 2. The van der Waals surface area contributed by atoms with Crippen molar-refractivity contribution in [1.82, 2.24) is 20.4 Å². The third-order valence-electron chi connectivity index (χ3n) is 4.09. The Morgan fingerprint density at radius 1 is 0.970 bits per heavy atom. The molecule has 2 aromatic heterocycles. The first-order chi connectivity index (χ1) is 16.1. The van der Waals surface area contributed by atoms with Crippen LogP contribution in [0.2, 0.25) is 0 Å². The summed E-state index contributed by atoms with van der Waals surface area (Å²) >= 11 is 2.62. The third kappa shape index (κ3) is 7.31. The predicted octanol–water partition coefficient (Wildman–Crippen LogP) is 4.06. The molecule has 0 atom stereocenters. The Balaban J connectivity index is 1.47. The zero-order valence-electron chi connectivity index (χ0n) is 17.7. The van der Waals surface area contributed by atoms with Crippen molar-refractivity contribution in [2.24, 2.45) is 0 Å². The lowest BCUT2D eigenvalue weighted by molar-refractivity contribution is -0.112. The van der Waals surface area contributed by atoms with Crippen molar-refractivity contribution < 1.29 is 9.59 Å². The number of anilines is 2. The predicted molar refractivity (Wildman–Crippen MR) is 131 cm³/mol. The molecule has 2 amide bonds. The van der Waals surface area contributed by atoms with Gasteiger partial charge in [-0.05, 0) is 31.2 Å². The highest BCUT2D eigenvalue weighted by atomic mass is 32.1. The van der Waals surface area contributed by atoms with Gasteiger partial charge in [-0.15, -0.1) is 26.8 Å². The number of aromatic nitrogens is 4. The van der Waals surface area contributed by atoms with Gasteiger partial charge < -0.3 is 0 Å². The number of carbonyl (C=O) groups excluding carboxylic acids is 2. The van der Waals surface area contributed by atoms with E-state index in [9.17, 15) is 9.59 Å². The molecule has 0 saturated carbocycles. The Kier molecular flexibility index (Phi) is 8.76. The molecule has 0 aliphatic carbocycles. The van der Waals surface area contributed by atoms with E-state index in [4.69, 9.17) is 6.42 Å². The number of rotatable bonds is 9. The topological polar surface area (TPSA) is 110 Å². The minimum Gasteiger partial charge on any atom is -0.296 e. The first kappa shape index (κ1) is 23.7. The Bertz CT molecular complexity index is 1240. The largest absolute Gasteiger partial charge is 0.296 e. The molecule has 0 bridgehead atoms. The Labute approximate surface area is 199 Å². The van der Waals surface area contributed by atoms with E-state index in [0.717, 1.165) is 10.0 Å². The quantitative estimate of drug-likeness (QED) is 0.209. The van der Waals surface area contributed by atoms with E-state index in [2.05, 4.69) is 36.9 Å². The molecular formula is C23H20N6O2S2. The summed E-state index contributed by atoms with van der Waals surface area (Å²) in [6.07, 6.45) is 14.9. The van der Waals surface area contributed by atoms with E-state index >= 15 is 0 Å². The van der Waals surface area contributed by atoms with Crippen LogP contribution in [0.15, 0.2) is 66.3 Å². The second-order valence-electron chi connectivity index (χ2n) is 6.40. The van der Waals surface area contributed by atoms with Gasteiger partial charge in [0.1, 0.15) is 10.0 Å². The number of hydrogen-bond donors (Lipinski definition) is 2. The van der Waals surface area contributed by atoms with Crippen molar-refractivity contribution >= 4 is 44.8 Å². The molecule has 33 heavy (non-hydrogen) atoms. The highest BCUT2D eigenvalue weighted by molar-refractivity contribution is 7.15. The molecule has 2 N–H and O–H groups in total. The van der Waals surface area contributed by atoms with Gasteiger partial charge in [-0.1, -0.05) is 65.0 Å². The number of terminal acetylenes is 1. The summed E-state index contributed by atoms with van der Waals surface area (Å²) in [5.41, 5.74) is 1.01. The number of amides is 2. The molecule has 1 aromatic carbocycles. The Morgan fingerprint density at radius 3 is 2.15 bits per heavy atom. The van der Waals surface area contributed by atoms with Gasteiger partial charge in [-0.25, -0.2) is 0 Å². The smallest absolute Gasteiger partial charge is 0.257 e. The maximum Gasteiger partial charge on any atom is 0.257 e. The lowest BCUT2D eigenvalue weighted by Gasteiger charge is -2.00.